The molecular weight excluding hydrogens is 364 g/mol. The number of benzene rings is 2. The standard InChI is InChI=1S/C20H15F2N5O/c1-10-18-14(11-6-12(21)8-13(22)7-11)9-17(28)25-19(18)27(26-10)20-23-15-4-2-3-5-16(15)24-20/h2-8,14H,9H2,1H3,(H,23,24)(H,25,28). The Morgan fingerprint density at radius 2 is 1.89 bits per heavy atom. The molecule has 1 unspecified atom stereocenters. The van der Waals surface area contributed by atoms with Gasteiger partial charge in [-0.2, -0.15) is 9.78 Å². The van der Waals surface area contributed by atoms with Crippen LogP contribution in [0.1, 0.15) is 29.2 Å². The summed E-state index contributed by atoms with van der Waals surface area (Å²) in [5.41, 5.74) is 3.40. The van der Waals surface area contributed by atoms with E-state index in [0.29, 0.717) is 23.0 Å². The lowest BCUT2D eigenvalue weighted by Crippen LogP contribution is -2.25. The second-order valence-electron chi connectivity index (χ2n) is 6.84. The zero-order valence-corrected chi connectivity index (χ0v) is 14.8. The van der Waals surface area contributed by atoms with Crippen molar-refractivity contribution in [1.29, 1.82) is 0 Å². The zero-order valence-electron chi connectivity index (χ0n) is 14.8. The van der Waals surface area contributed by atoms with Gasteiger partial charge in [0.15, 0.2) is 0 Å². The Morgan fingerprint density at radius 3 is 2.64 bits per heavy atom. The maximum absolute atomic E-state index is 13.8. The van der Waals surface area contributed by atoms with Gasteiger partial charge in [0.25, 0.3) is 0 Å². The third kappa shape index (κ3) is 2.57. The average molecular weight is 379 g/mol. The van der Waals surface area contributed by atoms with E-state index in [1.807, 2.05) is 24.3 Å². The second-order valence-corrected chi connectivity index (χ2v) is 6.84. The van der Waals surface area contributed by atoms with Gasteiger partial charge in [-0.3, -0.25) is 4.79 Å². The zero-order chi connectivity index (χ0) is 19.4. The number of aromatic nitrogens is 4. The van der Waals surface area contributed by atoms with Gasteiger partial charge in [0.2, 0.25) is 11.9 Å². The molecule has 1 amide bonds. The number of nitrogens with one attached hydrogen (secondary N) is 2. The molecule has 0 fully saturated rings. The monoisotopic (exact) mass is 379 g/mol. The topological polar surface area (TPSA) is 75.6 Å². The van der Waals surface area contributed by atoms with Gasteiger partial charge in [-0.25, -0.2) is 13.8 Å². The van der Waals surface area contributed by atoms with E-state index in [0.717, 1.165) is 22.7 Å². The van der Waals surface area contributed by atoms with Crippen molar-refractivity contribution in [3.8, 4) is 5.95 Å². The predicted molar refractivity (Wildman–Crippen MR) is 99.4 cm³/mol. The minimum absolute atomic E-state index is 0.0859. The Bertz CT molecular complexity index is 1190. The summed E-state index contributed by atoms with van der Waals surface area (Å²) in [6.07, 6.45) is 0.0859. The van der Waals surface area contributed by atoms with Gasteiger partial charge < -0.3 is 10.3 Å². The van der Waals surface area contributed by atoms with E-state index in [1.165, 1.54) is 16.8 Å². The summed E-state index contributed by atoms with van der Waals surface area (Å²) in [5, 5.41) is 7.37. The van der Waals surface area contributed by atoms with Crippen molar-refractivity contribution in [2.45, 2.75) is 19.3 Å². The number of amides is 1. The third-order valence-corrected chi connectivity index (χ3v) is 4.97. The molecule has 2 aromatic carbocycles. The molecule has 1 atom stereocenters. The van der Waals surface area contributed by atoms with E-state index in [9.17, 15) is 13.6 Å². The first-order chi connectivity index (χ1) is 13.5. The molecule has 0 saturated carbocycles. The molecule has 0 aliphatic carbocycles. The molecule has 6 nitrogen and oxygen atoms in total. The van der Waals surface area contributed by atoms with Crippen molar-refractivity contribution in [3.05, 3.63) is 70.9 Å². The average Bonchev–Trinajstić information content (AvgIpc) is 3.21. The molecule has 0 bridgehead atoms. The Balaban J connectivity index is 1.69. The van der Waals surface area contributed by atoms with Crippen molar-refractivity contribution < 1.29 is 13.6 Å². The maximum Gasteiger partial charge on any atom is 0.231 e. The number of nitrogens with zero attached hydrogens (tertiary/aromatic N) is 3. The number of carbonyl (C=O) groups is 1. The normalized spacial score (nSPS) is 16.2. The van der Waals surface area contributed by atoms with Crippen LogP contribution in [0.4, 0.5) is 14.6 Å². The number of halogens is 2. The number of fused-ring (bicyclic) bond motifs is 2. The molecule has 2 aromatic heterocycles. The lowest BCUT2D eigenvalue weighted by atomic mass is 9.85. The number of hydrogen-bond donors (Lipinski definition) is 2. The van der Waals surface area contributed by atoms with Crippen LogP contribution in [0.15, 0.2) is 42.5 Å². The van der Waals surface area contributed by atoms with Crippen LogP contribution in [-0.2, 0) is 4.79 Å². The summed E-state index contributed by atoms with van der Waals surface area (Å²) in [6.45, 7) is 1.80. The van der Waals surface area contributed by atoms with Gasteiger partial charge in [0.1, 0.15) is 17.5 Å². The van der Waals surface area contributed by atoms with E-state index < -0.39 is 17.6 Å². The van der Waals surface area contributed by atoms with E-state index >= 15 is 0 Å². The van der Waals surface area contributed by atoms with Crippen LogP contribution in [0.5, 0.6) is 0 Å². The molecule has 8 heteroatoms. The van der Waals surface area contributed by atoms with E-state index in [-0.39, 0.29) is 12.3 Å². The largest absolute Gasteiger partial charge is 0.322 e. The number of aryl methyl sites for hydroxylation is 1. The maximum atomic E-state index is 13.8. The molecule has 0 saturated heterocycles. The molecule has 0 spiro atoms. The number of hydrogen-bond acceptors (Lipinski definition) is 3. The summed E-state index contributed by atoms with van der Waals surface area (Å²) >= 11 is 0. The van der Waals surface area contributed by atoms with Crippen LogP contribution >= 0.6 is 0 Å². The smallest absolute Gasteiger partial charge is 0.231 e. The van der Waals surface area contributed by atoms with Gasteiger partial charge >= 0.3 is 0 Å². The van der Waals surface area contributed by atoms with Crippen LogP contribution in [-0.4, -0.2) is 25.7 Å². The minimum Gasteiger partial charge on any atom is -0.322 e. The number of imidazole rings is 1. The molecule has 140 valence electrons. The van der Waals surface area contributed by atoms with Crippen LogP contribution in [0.3, 0.4) is 0 Å². The summed E-state index contributed by atoms with van der Waals surface area (Å²) in [5.74, 6) is -1.18. The fourth-order valence-corrected chi connectivity index (χ4v) is 3.80. The SMILES string of the molecule is Cc1nn(-c2nc3ccccc3[nH]2)c2c1C(c1cc(F)cc(F)c1)CC(=O)N2. The summed E-state index contributed by atoms with van der Waals surface area (Å²) in [7, 11) is 0. The summed E-state index contributed by atoms with van der Waals surface area (Å²) in [6, 6.07) is 10.9. The highest BCUT2D eigenvalue weighted by Gasteiger charge is 2.33. The highest BCUT2D eigenvalue weighted by atomic mass is 19.1. The van der Waals surface area contributed by atoms with E-state index in [1.54, 1.807) is 6.92 Å². The first-order valence-corrected chi connectivity index (χ1v) is 8.80. The van der Waals surface area contributed by atoms with Crippen LogP contribution < -0.4 is 5.32 Å². The number of aromatic amines is 1. The third-order valence-electron chi connectivity index (χ3n) is 4.97. The number of para-hydroxylation sites is 2. The van der Waals surface area contributed by atoms with Crippen LogP contribution in [0, 0.1) is 18.6 Å². The molecule has 4 aromatic rings. The second kappa shape index (κ2) is 5.98. The number of anilines is 1. The number of rotatable bonds is 2. The summed E-state index contributed by atoms with van der Waals surface area (Å²) in [4.78, 5) is 20.1. The molecule has 28 heavy (non-hydrogen) atoms. The van der Waals surface area contributed by atoms with Crippen molar-refractivity contribution in [2.24, 2.45) is 0 Å². The number of H-pyrrole nitrogens is 1. The Hall–Kier alpha value is -3.55. The Labute approximate surface area is 158 Å². The highest BCUT2D eigenvalue weighted by Crippen LogP contribution is 2.40. The minimum atomic E-state index is -0.676. The van der Waals surface area contributed by atoms with E-state index in [4.69, 9.17) is 0 Å². The van der Waals surface area contributed by atoms with Crippen molar-refractivity contribution >= 4 is 22.8 Å². The lowest BCUT2D eigenvalue weighted by Gasteiger charge is -2.24. The van der Waals surface area contributed by atoms with Gasteiger partial charge in [-0.15, -0.1) is 0 Å². The molecule has 1 aliphatic heterocycles. The Kier molecular flexibility index (Phi) is 3.55. The lowest BCUT2D eigenvalue weighted by molar-refractivity contribution is -0.116. The quantitative estimate of drug-likeness (QED) is 0.556. The highest BCUT2D eigenvalue weighted by molar-refractivity contribution is 5.95. The van der Waals surface area contributed by atoms with Gasteiger partial charge in [0.05, 0.1) is 16.7 Å². The van der Waals surface area contributed by atoms with Crippen molar-refractivity contribution in [2.75, 3.05) is 5.32 Å². The van der Waals surface area contributed by atoms with E-state index in [2.05, 4.69) is 20.4 Å². The molecular formula is C20H15F2N5O. The van der Waals surface area contributed by atoms with Gasteiger partial charge in [0, 0.05) is 24.0 Å². The molecule has 5 rings (SSSR count). The first-order valence-electron chi connectivity index (χ1n) is 8.80. The molecule has 1 aliphatic rings. The Morgan fingerprint density at radius 1 is 1.14 bits per heavy atom. The van der Waals surface area contributed by atoms with Crippen LogP contribution in [0.25, 0.3) is 17.0 Å². The molecule has 0 radical (unpaired) electrons. The van der Waals surface area contributed by atoms with Crippen LogP contribution in [0.2, 0.25) is 0 Å². The predicted octanol–water partition coefficient (Wildman–Crippen LogP) is 3.81. The van der Waals surface area contributed by atoms with Crippen molar-refractivity contribution in [3.63, 3.8) is 0 Å². The summed E-state index contributed by atoms with van der Waals surface area (Å²) < 4.78 is 29.1. The van der Waals surface area contributed by atoms with Gasteiger partial charge in [-0.1, -0.05) is 12.1 Å². The molecule has 2 N–H and O–H groups in total. The number of carbonyl (C=O) groups excluding carboxylic acids is 1. The fourth-order valence-electron chi connectivity index (χ4n) is 3.80. The molecule has 3 heterocycles. The fraction of sp³-hybridized carbons (Fsp3) is 0.150. The van der Waals surface area contributed by atoms with Crippen molar-refractivity contribution in [1.82, 2.24) is 19.7 Å². The first kappa shape index (κ1) is 16.6. The van der Waals surface area contributed by atoms with Gasteiger partial charge in [-0.05, 0) is 36.8 Å².